The highest BCUT2D eigenvalue weighted by atomic mass is 32.2. The van der Waals surface area contributed by atoms with E-state index in [1.807, 2.05) is 44.3 Å². The van der Waals surface area contributed by atoms with Crippen LogP contribution in [0.25, 0.3) is 21.9 Å². The number of sulfonamides is 1. The Bertz CT molecular complexity index is 1890. The number of carbonyl (C=O) groups is 1. The molecule has 0 unspecified atom stereocenters. The molecule has 10 nitrogen and oxygen atoms in total. The highest BCUT2D eigenvalue weighted by Crippen LogP contribution is 2.28. The third-order valence-electron chi connectivity index (χ3n) is 7.52. The van der Waals surface area contributed by atoms with Gasteiger partial charge in [-0.1, -0.05) is 37.6 Å². The molecule has 0 aliphatic rings. The number of aryl methyl sites for hydroxylation is 4. The molecule has 0 saturated carbocycles. The maximum atomic E-state index is 14.0. The highest BCUT2D eigenvalue weighted by Gasteiger charge is 2.27. The summed E-state index contributed by atoms with van der Waals surface area (Å²) in [5, 5.41) is 0.903. The van der Waals surface area contributed by atoms with Crippen LogP contribution in [-0.2, 0) is 35.5 Å². The summed E-state index contributed by atoms with van der Waals surface area (Å²) in [6, 6.07) is 13.1. The summed E-state index contributed by atoms with van der Waals surface area (Å²) in [6.07, 6.45) is 4.48. The van der Waals surface area contributed by atoms with Crippen molar-refractivity contribution in [3.63, 3.8) is 0 Å². The zero-order valence-electron chi connectivity index (χ0n) is 23.4. The lowest BCUT2D eigenvalue weighted by Crippen LogP contribution is -2.35. The van der Waals surface area contributed by atoms with Crippen LogP contribution in [0.15, 0.2) is 64.7 Å². The van der Waals surface area contributed by atoms with Gasteiger partial charge in [-0.3, -0.25) is 13.9 Å². The minimum Gasteiger partial charge on any atom is -0.350 e. The zero-order valence-corrected chi connectivity index (χ0v) is 24.2. The summed E-state index contributed by atoms with van der Waals surface area (Å²) in [6.45, 7) is 6.09. The summed E-state index contributed by atoms with van der Waals surface area (Å²) >= 11 is 0. The van der Waals surface area contributed by atoms with Gasteiger partial charge in [0.1, 0.15) is 5.82 Å². The van der Waals surface area contributed by atoms with Crippen molar-refractivity contribution >= 4 is 37.9 Å². The van der Waals surface area contributed by atoms with Crippen LogP contribution in [0.1, 0.15) is 49.2 Å². The van der Waals surface area contributed by atoms with Crippen molar-refractivity contribution in [1.82, 2.24) is 28.0 Å². The first-order valence-corrected chi connectivity index (χ1v) is 14.8. The third-order valence-corrected chi connectivity index (χ3v) is 8.76. The molecule has 3 heterocycles. The lowest BCUT2D eigenvalue weighted by molar-refractivity contribution is -0.120. The summed E-state index contributed by atoms with van der Waals surface area (Å²) in [7, 11) is -0.465. The van der Waals surface area contributed by atoms with E-state index in [1.165, 1.54) is 6.20 Å². The van der Waals surface area contributed by atoms with Gasteiger partial charge in [0.2, 0.25) is 5.91 Å². The van der Waals surface area contributed by atoms with Crippen molar-refractivity contribution in [1.29, 1.82) is 0 Å². The molecule has 40 heavy (non-hydrogen) atoms. The molecule has 3 aromatic heterocycles. The molecule has 5 aromatic rings. The van der Waals surface area contributed by atoms with Crippen LogP contribution in [-0.4, -0.2) is 37.6 Å². The molecule has 0 saturated heterocycles. The normalized spacial score (nSPS) is 12.8. The molecule has 11 heteroatoms. The topological polar surface area (TPSA) is 113 Å². The van der Waals surface area contributed by atoms with Crippen LogP contribution >= 0.6 is 0 Å². The molecular weight excluding hydrogens is 528 g/mol. The highest BCUT2D eigenvalue weighted by molar-refractivity contribution is 7.90. The average Bonchev–Trinajstić information content (AvgIpc) is 3.51. The average molecular weight is 563 g/mol. The second kappa shape index (κ2) is 10.5. The van der Waals surface area contributed by atoms with Gasteiger partial charge in [-0.25, -0.2) is 14.5 Å². The Morgan fingerprint density at radius 1 is 0.975 bits per heavy atom. The van der Waals surface area contributed by atoms with Crippen molar-refractivity contribution in [3.05, 3.63) is 82.3 Å². The van der Waals surface area contributed by atoms with Crippen molar-refractivity contribution in [2.75, 3.05) is 0 Å². The molecular formula is C29H34N6O4S. The fourth-order valence-electron chi connectivity index (χ4n) is 5.53. The van der Waals surface area contributed by atoms with Gasteiger partial charge in [0.05, 0.1) is 17.6 Å². The van der Waals surface area contributed by atoms with E-state index >= 15 is 0 Å². The van der Waals surface area contributed by atoms with Crippen LogP contribution in [0.3, 0.4) is 0 Å². The van der Waals surface area contributed by atoms with Gasteiger partial charge in [0.15, 0.2) is 5.03 Å². The molecule has 0 fully saturated rings. The maximum Gasteiger partial charge on any atom is 0.329 e. The van der Waals surface area contributed by atoms with Crippen LogP contribution in [0.2, 0.25) is 0 Å². The number of amides is 1. The van der Waals surface area contributed by atoms with E-state index in [4.69, 9.17) is 0 Å². The maximum absolute atomic E-state index is 14.0. The predicted octanol–water partition coefficient (Wildman–Crippen LogP) is 3.93. The largest absolute Gasteiger partial charge is 0.350 e. The SMILES string of the molecule is CCC[C@@H](CC(=O)NS(=O)(=O)c1cn(C)c(C)n1)n1c(=O)n(Cc2cn(C)c3cccc(C)c23)c2ccccc21. The smallest absolute Gasteiger partial charge is 0.329 e. The van der Waals surface area contributed by atoms with Crippen molar-refractivity contribution < 1.29 is 13.2 Å². The van der Waals surface area contributed by atoms with Crippen LogP contribution < -0.4 is 10.4 Å². The quantitative estimate of drug-likeness (QED) is 0.293. The summed E-state index contributed by atoms with van der Waals surface area (Å²) < 4.78 is 34.8. The molecule has 1 atom stereocenters. The first kappa shape index (κ1) is 27.4. The van der Waals surface area contributed by atoms with Gasteiger partial charge in [-0.2, -0.15) is 8.42 Å². The van der Waals surface area contributed by atoms with Gasteiger partial charge in [-0.05, 0) is 49.6 Å². The monoisotopic (exact) mass is 562 g/mol. The zero-order chi connectivity index (χ0) is 28.8. The molecule has 5 rings (SSSR count). The summed E-state index contributed by atoms with van der Waals surface area (Å²) in [4.78, 5) is 31.1. The second-order valence-corrected chi connectivity index (χ2v) is 12.0. The third kappa shape index (κ3) is 4.85. The van der Waals surface area contributed by atoms with E-state index in [-0.39, 0.29) is 17.1 Å². The minimum atomic E-state index is -4.14. The van der Waals surface area contributed by atoms with Gasteiger partial charge in [0.25, 0.3) is 10.0 Å². The number of hydrogen-bond acceptors (Lipinski definition) is 5. The van der Waals surface area contributed by atoms with E-state index in [0.29, 0.717) is 30.7 Å². The number of hydrogen-bond donors (Lipinski definition) is 1. The van der Waals surface area contributed by atoms with E-state index in [1.54, 1.807) is 27.7 Å². The molecule has 0 spiro atoms. The standard InChI is InChI=1S/C29H34N6O4S/c1-6-10-22(15-26(36)31-40(38,39)27-18-32(4)20(3)30-27)35-24-13-8-7-12-23(24)34(29(35)37)17-21-16-33(5)25-14-9-11-19(2)28(21)25/h7-9,11-14,16,18,22H,6,10,15,17H2,1-5H3,(H,31,36)/t22-/m0/s1. The van der Waals surface area contributed by atoms with E-state index < -0.39 is 22.0 Å². The van der Waals surface area contributed by atoms with Crippen molar-refractivity contribution in [2.24, 2.45) is 14.1 Å². The molecule has 0 bridgehead atoms. The van der Waals surface area contributed by atoms with Gasteiger partial charge in [0, 0.05) is 49.9 Å². The number of carbonyl (C=O) groups excluding carboxylic acids is 1. The molecule has 1 N–H and O–H groups in total. The minimum absolute atomic E-state index is 0.166. The van der Waals surface area contributed by atoms with Gasteiger partial charge >= 0.3 is 5.69 Å². The fourth-order valence-corrected chi connectivity index (χ4v) is 6.57. The van der Waals surface area contributed by atoms with Gasteiger partial charge < -0.3 is 9.13 Å². The summed E-state index contributed by atoms with van der Waals surface area (Å²) in [5.74, 6) is -0.174. The van der Waals surface area contributed by atoms with Crippen LogP contribution in [0.5, 0.6) is 0 Å². The fraction of sp³-hybridized carbons (Fsp3) is 0.345. The second-order valence-electron chi connectivity index (χ2n) is 10.4. The Hall–Kier alpha value is -4.12. The molecule has 0 radical (unpaired) electrons. The number of aromatic nitrogens is 5. The molecule has 1 amide bonds. The number of para-hydroxylation sites is 2. The molecule has 2 aromatic carbocycles. The predicted molar refractivity (Wildman–Crippen MR) is 155 cm³/mol. The number of fused-ring (bicyclic) bond motifs is 2. The number of benzene rings is 2. The number of imidazole rings is 2. The number of nitrogens with one attached hydrogen (secondary N) is 1. The molecule has 210 valence electrons. The lowest BCUT2D eigenvalue weighted by Gasteiger charge is -2.18. The molecule has 0 aliphatic heterocycles. The van der Waals surface area contributed by atoms with Crippen molar-refractivity contribution in [3.8, 4) is 0 Å². The van der Waals surface area contributed by atoms with Crippen LogP contribution in [0, 0.1) is 13.8 Å². The van der Waals surface area contributed by atoms with Crippen LogP contribution in [0.4, 0.5) is 0 Å². The Balaban J connectivity index is 1.52. The van der Waals surface area contributed by atoms with E-state index in [2.05, 4.69) is 39.5 Å². The number of nitrogens with zero attached hydrogens (tertiary/aromatic N) is 5. The lowest BCUT2D eigenvalue weighted by atomic mass is 10.1. The van der Waals surface area contributed by atoms with E-state index in [9.17, 15) is 18.0 Å². The Morgan fingerprint density at radius 3 is 2.35 bits per heavy atom. The summed E-state index contributed by atoms with van der Waals surface area (Å²) in [5.41, 5.74) is 4.49. The molecule has 0 aliphatic carbocycles. The first-order chi connectivity index (χ1) is 19.0. The van der Waals surface area contributed by atoms with Crippen molar-refractivity contribution in [2.45, 2.75) is 57.6 Å². The Labute approximate surface area is 232 Å². The Morgan fingerprint density at radius 2 is 1.68 bits per heavy atom. The van der Waals surface area contributed by atoms with E-state index in [0.717, 1.165) is 27.5 Å². The number of rotatable bonds is 9. The first-order valence-electron chi connectivity index (χ1n) is 13.3. The Kier molecular flexibility index (Phi) is 7.17. The van der Waals surface area contributed by atoms with Gasteiger partial charge in [-0.15, -0.1) is 0 Å².